The number of carbonyl (C=O) groups excluding carboxylic acids is 2. The van der Waals surface area contributed by atoms with Crippen molar-refractivity contribution in [2.24, 2.45) is 0 Å². The van der Waals surface area contributed by atoms with Crippen LogP contribution in [0.2, 0.25) is 0 Å². The molecule has 2 atom stereocenters. The van der Waals surface area contributed by atoms with Gasteiger partial charge in [-0.15, -0.1) is 0 Å². The lowest BCUT2D eigenvalue weighted by Crippen LogP contribution is -2.58. The third-order valence-corrected chi connectivity index (χ3v) is 3.74. The molecule has 0 spiro atoms. The Hall–Kier alpha value is -2.54. The number of aliphatic hydroxyl groups is 1. The van der Waals surface area contributed by atoms with Crippen LogP contribution in [0.1, 0.15) is 24.2 Å². The first-order chi connectivity index (χ1) is 11.2. The number of aromatic nitrogens is 1. The van der Waals surface area contributed by atoms with E-state index < -0.39 is 29.8 Å². The van der Waals surface area contributed by atoms with E-state index in [4.69, 9.17) is 0 Å². The first-order valence-electron chi connectivity index (χ1n) is 7.28. The van der Waals surface area contributed by atoms with Gasteiger partial charge in [0, 0.05) is 23.6 Å². The van der Waals surface area contributed by atoms with Crippen LogP contribution in [0.4, 0.5) is 8.78 Å². The standard InChI is InChI=1S/C17H18F2N2O3/c1-11(22)14(17(2,24)16(18)19)20-15(23)12-5-7-13(8-6-12)21-9-3-4-10-21/h3-10,14,16,24H,1-2H3,(H,20,23)/t14-,17+/m1/s1. The minimum Gasteiger partial charge on any atom is -0.382 e. The lowest BCUT2D eigenvalue weighted by molar-refractivity contribution is -0.138. The maximum absolute atomic E-state index is 12.9. The van der Waals surface area contributed by atoms with Crippen molar-refractivity contribution < 1.29 is 23.5 Å². The molecular formula is C17H18F2N2O3. The number of alkyl halides is 2. The number of carbonyl (C=O) groups is 2. The zero-order chi connectivity index (χ0) is 17.9. The molecule has 0 aliphatic heterocycles. The zero-order valence-electron chi connectivity index (χ0n) is 13.2. The summed E-state index contributed by atoms with van der Waals surface area (Å²) >= 11 is 0. The number of hydrogen-bond acceptors (Lipinski definition) is 3. The van der Waals surface area contributed by atoms with E-state index >= 15 is 0 Å². The molecule has 2 aromatic rings. The van der Waals surface area contributed by atoms with Gasteiger partial charge in [0.05, 0.1) is 0 Å². The number of hydrogen-bond donors (Lipinski definition) is 2. The molecule has 1 amide bonds. The Morgan fingerprint density at radius 2 is 1.71 bits per heavy atom. The fraction of sp³-hybridized carbons (Fsp3) is 0.294. The van der Waals surface area contributed by atoms with Crippen LogP contribution in [-0.2, 0) is 4.79 Å². The van der Waals surface area contributed by atoms with Crippen LogP contribution in [0.3, 0.4) is 0 Å². The summed E-state index contributed by atoms with van der Waals surface area (Å²) in [5, 5.41) is 12.0. The summed E-state index contributed by atoms with van der Waals surface area (Å²) in [6.45, 7) is 1.86. The van der Waals surface area contributed by atoms with Gasteiger partial charge >= 0.3 is 0 Å². The Morgan fingerprint density at radius 3 is 2.17 bits per heavy atom. The highest BCUT2D eigenvalue weighted by Crippen LogP contribution is 2.21. The van der Waals surface area contributed by atoms with Gasteiger partial charge in [-0.25, -0.2) is 8.78 Å². The largest absolute Gasteiger partial charge is 0.382 e. The van der Waals surface area contributed by atoms with Crippen LogP contribution in [0, 0.1) is 0 Å². The molecule has 0 radical (unpaired) electrons. The number of nitrogens with zero attached hydrogens (tertiary/aromatic N) is 1. The SMILES string of the molecule is CC(=O)[C@@H](NC(=O)c1ccc(-n2cccc2)cc1)[C@](C)(O)C(F)F. The number of halogens is 2. The first kappa shape index (κ1) is 17.8. The van der Waals surface area contributed by atoms with Gasteiger partial charge in [-0.2, -0.15) is 0 Å². The number of amides is 1. The van der Waals surface area contributed by atoms with Crippen LogP contribution in [-0.4, -0.2) is 39.4 Å². The summed E-state index contributed by atoms with van der Waals surface area (Å²) in [6, 6.07) is 8.40. The van der Waals surface area contributed by atoms with E-state index in [1.165, 1.54) is 12.1 Å². The molecule has 2 rings (SSSR count). The fourth-order valence-electron chi connectivity index (χ4n) is 2.29. The van der Waals surface area contributed by atoms with Gasteiger partial charge in [-0.1, -0.05) is 0 Å². The molecule has 0 aliphatic carbocycles. The number of Topliss-reactive ketones (excluding diaryl/α,β-unsaturated/α-hetero) is 1. The minimum atomic E-state index is -3.18. The third kappa shape index (κ3) is 3.68. The van der Waals surface area contributed by atoms with Crippen molar-refractivity contribution in [2.45, 2.75) is 31.9 Å². The molecule has 1 heterocycles. The van der Waals surface area contributed by atoms with Crippen molar-refractivity contribution in [1.82, 2.24) is 9.88 Å². The van der Waals surface area contributed by atoms with E-state index in [2.05, 4.69) is 5.32 Å². The van der Waals surface area contributed by atoms with E-state index in [1.54, 1.807) is 12.1 Å². The molecule has 0 saturated carbocycles. The van der Waals surface area contributed by atoms with Crippen LogP contribution in [0.15, 0.2) is 48.8 Å². The summed E-state index contributed by atoms with van der Waals surface area (Å²) < 4.78 is 27.7. The van der Waals surface area contributed by atoms with Gasteiger partial charge in [-0.05, 0) is 50.2 Å². The highest BCUT2D eigenvalue weighted by molar-refractivity contribution is 5.98. The van der Waals surface area contributed by atoms with Crippen LogP contribution in [0.5, 0.6) is 0 Å². The van der Waals surface area contributed by atoms with Crippen molar-refractivity contribution >= 4 is 11.7 Å². The second-order valence-electron chi connectivity index (χ2n) is 5.68. The topological polar surface area (TPSA) is 71.3 Å². The maximum atomic E-state index is 12.9. The lowest BCUT2D eigenvalue weighted by atomic mass is 9.93. The highest BCUT2D eigenvalue weighted by atomic mass is 19.3. The third-order valence-electron chi connectivity index (χ3n) is 3.74. The minimum absolute atomic E-state index is 0.197. The molecule has 0 unspecified atom stereocenters. The predicted molar refractivity (Wildman–Crippen MR) is 84.3 cm³/mol. The summed E-state index contributed by atoms with van der Waals surface area (Å²) in [4.78, 5) is 23.8. The Morgan fingerprint density at radius 1 is 1.17 bits per heavy atom. The second kappa shape index (κ2) is 6.92. The number of benzene rings is 1. The van der Waals surface area contributed by atoms with Gasteiger partial charge in [0.25, 0.3) is 12.3 Å². The Labute approximate surface area is 137 Å². The summed E-state index contributed by atoms with van der Waals surface area (Å²) in [7, 11) is 0. The number of ketones is 1. The van der Waals surface area contributed by atoms with Crippen molar-refractivity contribution in [1.29, 1.82) is 0 Å². The van der Waals surface area contributed by atoms with Gasteiger partial charge in [0.15, 0.2) is 5.78 Å². The normalized spacial score (nSPS) is 14.9. The van der Waals surface area contributed by atoms with Gasteiger partial charge < -0.3 is 15.0 Å². The quantitative estimate of drug-likeness (QED) is 0.849. The molecule has 24 heavy (non-hydrogen) atoms. The Bertz CT molecular complexity index is 710. The van der Waals surface area contributed by atoms with E-state index in [0.29, 0.717) is 0 Å². The fourth-order valence-corrected chi connectivity index (χ4v) is 2.29. The maximum Gasteiger partial charge on any atom is 0.269 e. The Balaban J connectivity index is 2.17. The van der Waals surface area contributed by atoms with Crippen molar-refractivity contribution in [3.63, 3.8) is 0 Å². The van der Waals surface area contributed by atoms with E-state index in [1.807, 2.05) is 29.1 Å². The predicted octanol–water partition coefficient (Wildman–Crippen LogP) is 2.18. The van der Waals surface area contributed by atoms with Crippen molar-refractivity contribution in [2.75, 3.05) is 0 Å². The highest BCUT2D eigenvalue weighted by Gasteiger charge is 2.44. The average Bonchev–Trinajstić information content (AvgIpc) is 3.06. The van der Waals surface area contributed by atoms with E-state index in [0.717, 1.165) is 19.5 Å². The number of rotatable bonds is 6. The molecule has 0 aliphatic rings. The van der Waals surface area contributed by atoms with Gasteiger partial charge in [0.1, 0.15) is 11.6 Å². The molecule has 1 aromatic heterocycles. The van der Waals surface area contributed by atoms with Crippen molar-refractivity contribution in [3.05, 3.63) is 54.4 Å². The van der Waals surface area contributed by atoms with Crippen molar-refractivity contribution in [3.8, 4) is 5.69 Å². The van der Waals surface area contributed by atoms with Gasteiger partial charge in [-0.3, -0.25) is 9.59 Å². The molecule has 128 valence electrons. The Kier molecular flexibility index (Phi) is 5.14. The number of nitrogens with one attached hydrogen (secondary N) is 1. The summed E-state index contributed by atoms with van der Waals surface area (Å²) in [5.41, 5.74) is -1.63. The van der Waals surface area contributed by atoms with Gasteiger partial charge in [0.2, 0.25) is 0 Å². The molecular weight excluding hydrogens is 318 g/mol. The molecule has 7 heteroatoms. The monoisotopic (exact) mass is 336 g/mol. The molecule has 5 nitrogen and oxygen atoms in total. The van der Waals surface area contributed by atoms with Crippen LogP contribution in [0.25, 0.3) is 5.69 Å². The van der Waals surface area contributed by atoms with E-state index in [-0.39, 0.29) is 5.56 Å². The smallest absolute Gasteiger partial charge is 0.269 e. The molecule has 0 fully saturated rings. The summed E-state index contributed by atoms with van der Waals surface area (Å²) in [6.07, 6.45) is 0.490. The lowest BCUT2D eigenvalue weighted by Gasteiger charge is -2.30. The van der Waals surface area contributed by atoms with Crippen LogP contribution < -0.4 is 5.32 Å². The summed E-state index contributed by atoms with van der Waals surface area (Å²) in [5.74, 6) is -1.47. The van der Waals surface area contributed by atoms with Crippen LogP contribution >= 0.6 is 0 Å². The first-order valence-corrected chi connectivity index (χ1v) is 7.28. The zero-order valence-corrected chi connectivity index (χ0v) is 13.2. The molecule has 0 bridgehead atoms. The molecule has 1 aromatic carbocycles. The molecule has 2 N–H and O–H groups in total. The van der Waals surface area contributed by atoms with E-state index in [9.17, 15) is 23.5 Å². The molecule has 0 saturated heterocycles. The average molecular weight is 336 g/mol. The second-order valence-corrected chi connectivity index (χ2v) is 5.68.